The monoisotopic (exact) mass is 550 g/mol. The van der Waals surface area contributed by atoms with Gasteiger partial charge in [0.2, 0.25) is 5.95 Å². The lowest BCUT2D eigenvalue weighted by Gasteiger charge is -2.35. The van der Waals surface area contributed by atoms with Crippen molar-refractivity contribution in [3.8, 4) is 5.69 Å². The van der Waals surface area contributed by atoms with Crippen molar-refractivity contribution in [3.05, 3.63) is 77.6 Å². The SMILES string of the molecule is OCCN1CCOC[C@@H]1c1ccc(Nc2ncc3ccn(-c4cc(F)c(CN5CCOCC5)c(F)c4)c3n2)cc1. The Bertz CT molecular complexity index is 1430. The van der Waals surface area contributed by atoms with Crippen molar-refractivity contribution in [2.75, 3.05) is 64.5 Å². The molecule has 4 heterocycles. The molecule has 2 aliphatic rings. The van der Waals surface area contributed by atoms with Crippen molar-refractivity contribution in [1.82, 2.24) is 24.3 Å². The molecule has 40 heavy (non-hydrogen) atoms. The number of hydrogen-bond donors (Lipinski definition) is 2. The number of fused-ring (bicyclic) bond motifs is 1. The maximum Gasteiger partial charge on any atom is 0.229 e. The van der Waals surface area contributed by atoms with Crippen molar-refractivity contribution in [2.24, 2.45) is 0 Å². The largest absolute Gasteiger partial charge is 0.395 e. The molecule has 210 valence electrons. The van der Waals surface area contributed by atoms with E-state index in [1.165, 1.54) is 12.1 Å². The summed E-state index contributed by atoms with van der Waals surface area (Å²) in [4.78, 5) is 13.3. The average Bonchev–Trinajstić information content (AvgIpc) is 3.40. The van der Waals surface area contributed by atoms with Gasteiger partial charge in [-0.25, -0.2) is 13.8 Å². The van der Waals surface area contributed by atoms with E-state index < -0.39 is 11.6 Å². The number of β-amino-alcohol motifs (C(OH)–C–C–N with tert-alkyl or cyclic N) is 1. The van der Waals surface area contributed by atoms with E-state index in [1.807, 2.05) is 35.2 Å². The molecule has 2 aromatic heterocycles. The first-order valence-electron chi connectivity index (χ1n) is 13.5. The molecule has 6 rings (SSSR count). The molecular formula is C29H32F2N6O3. The molecule has 1 atom stereocenters. The highest BCUT2D eigenvalue weighted by Gasteiger charge is 2.24. The molecule has 0 aliphatic carbocycles. The molecule has 2 aliphatic heterocycles. The molecule has 9 nitrogen and oxygen atoms in total. The summed E-state index contributed by atoms with van der Waals surface area (Å²) < 4.78 is 42.8. The third-order valence-corrected chi connectivity index (χ3v) is 7.49. The van der Waals surface area contributed by atoms with Crippen LogP contribution in [0.1, 0.15) is 17.2 Å². The standard InChI is InChI=1S/C29H32F2N6O3/c30-25-15-23(16-26(31)24(25)18-35-8-12-39-13-9-35)37-6-5-21-17-32-29(34-28(21)37)33-22-3-1-20(2-4-22)27-19-40-14-10-36(27)7-11-38/h1-6,15-17,27,38H,7-14,18-19H2,(H,32,33,34)/t27-/m1/s1. The summed E-state index contributed by atoms with van der Waals surface area (Å²) in [5.74, 6) is -0.804. The number of aliphatic hydroxyl groups excluding tert-OH is 1. The normalized spacial score (nSPS) is 18.8. The minimum atomic E-state index is -0.586. The number of anilines is 2. The number of morpholine rings is 2. The van der Waals surface area contributed by atoms with Crippen molar-refractivity contribution in [1.29, 1.82) is 0 Å². The first kappa shape index (κ1) is 26.7. The molecule has 11 heteroatoms. The van der Waals surface area contributed by atoms with Crippen LogP contribution in [0, 0.1) is 11.6 Å². The number of aliphatic hydroxyl groups is 1. The number of ether oxygens (including phenoxy) is 2. The van der Waals surface area contributed by atoms with Crippen LogP contribution in [-0.2, 0) is 16.0 Å². The van der Waals surface area contributed by atoms with Crippen LogP contribution in [0.4, 0.5) is 20.4 Å². The number of nitrogens with one attached hydrogen (secondary N) is 1. The topological polar surface area (TPSA) is 87.9 Å². The molecular weight excluding hydrogens is 518 g/mol. The highest BCUT2D eigenvalue weighted by molar-refractivity contribution is 5.78. The fourth-order valence-electron chi connectivity index (χ4n) is 5.31. The Balaban J connectivity index is 1.21. The minimum absolute atomic E-state index is 0.0572. The lowest BCUT2D eigenvalue weighted by atomic mass is 10.0. The van der Waals surface area contributed by atoms with E-state index in [-0.39, 0.29) is 24.8 Å². The number of halogens is 2. The molecule has 2 N–H and O–H groups in total. The van der Waals surface area contributed by atoms with Crippen LogP contribution in [0.15, 0.2) is 54.9 Å². The lowest BCUT2D eigenvalue weighted by molar-refractivity contribution is -0.0146. The molecule has 0 saturated carbocycles. The van der Waals surface area contributed by atoms with E-state index in [0.717, 1.165) is 23.2 Å². The summed E-state index contributed by atoms with van der Waals surface area (Å²) in [5.41, 5.74) is 2.85. The summed E-state index contributed by atoms with van der Waals surface area (Å²) in [5, 5.41) is 13.4. The third kappa shape index (κ3) is 5.70. The first-order chi connectivity index (χ1) is 19.6. The van der Waals surface area contributed by atoms with Gasteiger partial charge in [-0.2, -0.15) is 4.98 Å². The van der Waals surface area contributed by atoms with Gasteiger partial charge in [-0.05, 0) is 35.9 Å². The summed E-state index contributed by atoms with van der Waals surface area (Å²) in [6, 6.07) is 12.6. The van der Waals surface area contributed by atoms with Crippen molar-refractivity contribution in [3.63, 3.8) is 0 Å². The Labute approximate surface area is 231 Å². The van der Waals surface area contributed by atoms with Gasteiger partial charge in [-0.3, -0.25) is 9.80 Å². The van der Waals surface area contributed by atoms with Crippen LogP contribution in [0.3, 0.4) is 0 Å². The molecule has 4 aromatic rings. The fourth-order valence-corrected chi connectivity index (χ4v) is 5.31. The van der Waals surface area contributed by atoms with Gasteiger partial charge in [0, 0.05) is 61.8 Å². The number of benzene rings is 2. The summed E-state index contributed by atoms with van der Waals surface area (Å²) in [6.45, 7) is 5.37. The van der Waals surface area contributed by atoms with Crippen LogP contribution in [-0.4, -0.2) is 88.7 Å². The maximum atomic E-state index is 15.1. The summed E-state index contributed by atoms with van der Waals surface area (Å²) in [7, 11) is 0. The van der Waals surface area contributed by atoms with Gasteiger partial charge in [0.25, 0.3) is 0 Å². The highest BCUT2D eigenvalue weighted by Crippen LogP contribution is 2.27. The highest BCUT2D eigenvalue weighted by atomic mass is 19.1. The predicted octanol–water partition coefficient (Wildman–Crippen LogP) is 3.64. The molecule has 0 amide bonds. The van der Waals surface area contributed by atoms with E-state index in [0.29, 0.717) is 63.3 Å². The Morgan fingerprint density at radius 3 is 2.48 bits per heavy atom. The lowest BCUT2D eigenvalue weighted by Crippen LogP contribution is -2.40. The Morgan fingerprint density at radius 2 is 1.73 bits per heavy atom. The Kier molecular flexibility index (Phi) is 7.98. The van der Waals surface area contributed by atoms with E-state index in [4.69, 9.17) is 9.47 Å². The molecule has 0 radical (unpaired) electrons. The van der Waals surface area contributed by atoms with Gasteiger partial charge < -0.3 is 24.5 Å². The van der Waals surface area contributed by atoms with E-state index >= 15 is 8.78 Å². The molecule has 0 spiro atoms. The molecule has 2 aromatic carbocycles. The van der Waals surface area contributed by atoms with Crippen LogP contribution >= 0.6 is 0 Å². The number of hydrogen-bond acceptors (Lipinski definition) is 8. The van der Waals surface area contributed by atoms with Gasteiger partial charge in [-0.1, -0.05) is 12.1 Å². The van der Waals surface area contributed by atoms with E-state index in [2.05, 4.69) is 20.2 Å². The molecule has 2 saturated heterocycles. The van der Waals surface area contributed by atoms with E-state index in [9.17, 15) is 5.11 Å². The van der Waals surface area contributed by atoms with Gasteiger partial charge in [0.1, 0.15) is 17.3 Å². The average molecular weight is 551 g/mol. The fraction of sp³-hybridized carbons (Fsp3) is 0.379. The second kappa shape index (κ2) is 11.9. The summed E-state index contributed by atoms with van der Waals surface area (Å²) in [6.07, 6.45) is 3.42. The quantitative estimate of drug-likeness (QED) is 0.344. The first-order valence-corrected chi connectivity index (χ1v) is 13.5. The third-order valence-electron chi connectivity index (χ3n) is 7.49. The van der Waals surface area contributed by atoms with Gasteiger partial charge >= 0.3 is 0 Å². The zero-order valence-corrected chi connectivity index (χ0v) is 22.1. The second-order valence-corrected chi connectivity index (χ2v) is 10.0. The molecule has 2 fully saturated rings. The second-order valence-electron chi connectivity index (χ2n) is 10.0. The zero-order chi connectivity index (χ0) is 27.5. The van der Waals surface area contributed by atoms with Crippen molar-refractivity contribution < 1.29 is 23.4 Å². The van der Waals surface area contributed by atoms with Crippen LogP contribution in [0.5, 0.6) is 0 Å². The van der Waals surface area contributed by atoms with Gasteiger partial charge in [0.15, 0.2) is 0 Å². The van der Waals surface area contributed by atoms with Gasteiger partial charge in [0.05, 0.1) is 44.8 Å². The minimum Gasteiger partial charge on any atom is -0.395 e. The number of rotatable bonds is 8. The Morgan fingerprint density at radius 1 is 0.975 bits per heavy atom. The van der Waals surface area contributed by atoms with Gasteiger partial charge in [-0.15, -0.1) is 0 Å². The maximum absolute atomic E-state index is 15.1. The predicted molar refractivity (Wildman–Crippen MR) is 147 cm³/mol. The number of aromatic nitrogens is 3. The summed E-state index contributed by atoms with van der Waals surface area (Å²) >= 11 is 0. The van der Waals surface area contributed by atoms with Crippen molar-refractivity contribution in [2.45, 2.75) is 12.6 Å². The Hall–Kier alpha value is -3.48. The zero-order valence-electron chi connectivity index (χ0n) is 22.1. The van der Waals surface area contributed by atoms with Crippen molar-refractivity contribution >= 4 is 22.7 Å². The van der Waals surface area contributed by atoms with E-state index in [1.54, 1.807) is 17.0 Å². The molecule has 0 bridgehead atoms. The van der Waals surface area contributed by atoms with Crippen LogP contribution in [0.2, 0.25) is 0 Å². The molecule has 0 unspecified atom stereocenters. The van der Waals surface area contributed by atoms with Crippen LogP contribution < -0.4 is 5.32 Å². The van der Waals surface area contributed by atoms with Crippen LogP contribution in [0.25, 0.3) is 16.7 Å². The number of nitrogens with zero attached hydrogens (tertiary/aromatic N) is 5. The smallest absolute Gasteiger partial charge is 0.229 e.